The summed E-state index contributed by atoms with van der Waals surface area (Å²) in [5.74, 6) is 5.36. The van der Waals surface area contributed by atoms with Gasteiger partial charge in [-0.3, -0.25) is 4.79 Å². The molecule has 0 radical (unpaired) electrons. The summed E-state index contributed by atoms with van der Waals surface area (Å²) in [5, 5.41) is 0. The lowest BCUT2D eigenvalue weighted by Crippen LogP contribution is -2.29. The number of hydrogen-bond acceptors (Lipinski definition) is 1. The molecule has 2 rings (SSSR count). The van der Waals surface area contributed by atoms with Crippen molar-refractivity contribution >= 4 is 15.8 Å². The Morgan fingerprint density at radius 1 is 1.12 bits per heavy atom. The molecule has 2 atom stereocenters. The van der Waals surface area contributed by atoms with E-state index < -0.39 is 10.0 Å². The van der Waals surface area contributed by atoms with Gasteiger partial charge in [-0.2, -0.15) is 0 Å². The number of ketones is 1. The summed E-state index contributed by atoms with van der Waals surface area (Å²) in [4.78, 5) is 12.4. The highest BCUT2D eigenvalue weighted by Gasteiger charge is 2.32. The minimum atomic E-state index is -0.525. The van der Waals surface area contributed by atoms with Crippen LogP contribution in [0.4, 0.5) is 0 Å². The van der Waals surface area contributed by atoms with Crippen LogP contribution >= 0.6 is 10.0 Å². The summed E-state index contributed by atoms with van der Waals surface area (Å²) in [6, 6.07) is 0. The van der Waals surface area contributed by atoms with Crippen LogP contribution in [0.5, 0.6) is 0 Å². The van der Waals surface area contributed by atoms with Gasteiger partial charge in [0.2, 0.25) is 0 Å². The van der Waals surface area contributed by atoms with Gasteiger partial charge in [-0.25, -0.2) is 10.0 Å². The van der Waals surface area contributed by atoms with E-state index in [1.807, 2.05) is 0 Å². The molecule has 2 heteroatoms. The van der Waals surface area contributed by atoms with E-state index in [0.29, 0.717) is 17.6 Å². The molecule has 16 heavy (non-hydrogen) atoms. The molecule has 0 aromatic carbocycles. The van der Waals surface area contributed by atoms with E-state index in [2.05, 4.69) is 13.2 Å². The summed E-state index contributed by atoms with van der Waals surface area (Å²) in [5.41, 5.74) is 0. The van der Waals surface area contributed by atoms with E-state index in [1.165, 1.54) is 50.0 Å². The Morgan fingerprint density at radius 3 is 2.38 bits per heavy atom. The van der Waals surface area contributed by atoms with Crippen LogP contribution in [0.3, 0.4) is 0 Å². The number of Topliss-reactive ketones (excluding diaryl/α,β-unsaturated/α-hetero) is 1. The van der Waals surface area contributed by atoms with Crippen LogP contribution in [0.15, 0.2) is 0 Å². The van der Waals surface area contributed by atoms with Crippen LogP contribution in [0.2, 0.25) is 0 Å². The van der Waals surface area contributed by atoms with Gasteiger partial charge in [0, 0.05) is 11.7 Å². The van der Waals surface area contributed by atoms with Crippen LogP contribution in [-0.2, 0) is 4.79 Å². The van der Waals surface area contributed by atoms with Crippen molar-refractivity contribution < 1.29 is 4.79 Å². The van der Waals surface area contributed by atoms with E-state index in [9.17, 15) is 4.79 Å². The molecule has 0 amide bonds. The molecule has 1 saturated carbocycles. The van der Waals surface area contributed by atoms with Crippen LogP contribution in [0.1, 0.15) is 45.4 Å². The van der Waals surface area contributed by atoms with Crippen molar-refractivity contribution in [1.29, 1.82) is 0 Å². The van der Waals surface area contributed by atoms with E-state index in [4.69, 9.17) is 0 Å². The van der Waals surface area contributed by atoms with Crippen LogP contribution in [0, 0.1) is 11.8 Å². The van der Waals surface area contributed by atoms with Crippen LogP contribution in [0.25, 0.3) is 0 Å². The van der Waals surface area contributed by atoms with Crippen molar-refractivity contribution in [3.63, 3.8) is 0 Å². The van der Waals surface area contributed by atoms with Gasteiger partial charge in [0.15, 0.2) is 0 Å². The first-order chi connectivity index (χ1) is 7.61. The molecule has 2 unspecified atom stereocenters. The molecule has 2 fully saturated rings. The summed E-state index contributed by atoms with van der Waals surface area (Å²) < 4.78 is 0. The maximum atomic E-state index is 12.4. The van der Waals surface area contributed by atoms with Crippen molar-refractivity contribution in [3.8, 4) is 0 Å². The van der Waals surface area contributed by atoms with Crippen LogP contribution in [-0.4, -0.2) is 29.3 Å². The topological polar surface area (TPSA) is 17.1 Å². The fourth-order valence-corrected chi connectivity index (χ4v) is 6.59. The van der Waals surface area contributed by atoms with Gasteiger partial charge in [-0.15, -0.1) is 0 Å². The molecule has 0 aromatic rings. The van der Waals surface area contributed by atoms with Gasteiger partial charge in [0.1, 0.15) is 5.78 Å². The molecular weight excluding hydrogens is 216 g/mol. The van der Waals surface area contributed by atoms with Crippen molar-refractivity contribution in [2.45, 2.75) is 45.4 Å². The zero-order valence-electron chi connectivity index (χ0n) is 10.8. The third-order valence-electron chi connectivity index (χ3n) is 4.54. The smallest absolute Gasteiger partial charge is 0.144 e. The average molecular weight is 242 g/mol. The van der Waals surface area contributed by atoms with Gasteiger partial charge in [-0.1, -0.05) is 26.2 Å². The first-order valence-corrected chi connectivity index (χ1v) is 9.40. The van der Waals surface area contributed by atoms with Gasteiger partial charge in [0.05, 0.1) is 0 Å². The largest absolute Gasteiger partial charge is 0.299 e. The molecule has 94 valence electrons. The third-order valence-corrected chi connectivity index (χ3v) is 8.07. The molecule has 1 saturated heterocycles. The first kappa shape index (κ1) is 12.5. The predicted octanol–water partition coefficient (Wildman–Crippen LogP) is 3.61. The Hall–Kier alpha value is 0.0200. The number of carbonyl (C=O) groups excluding carboxylic acids is 1. The molecule has 0 bridgehead atoms. The summed E-state index contributed by atoms with van der Waals surface area (Å²) in [6.45, 7) is 2.29. The molecule has 1 nitrogen and oxygen atoms in total. The second-order valence-electron chi connectivity index (χ2n) is 6.07. The molecule has 0 aromatic heterocycles. The lowest BCUT2D eigenvalue weighted by atomic mass is 9.78. The van der Waals surface area contributed by atoms with Crippen molar-refractivity contribution in [3.05, 3.63) is 0 Å². The minimum absolute atomic E-state index is 0.415. The highest BCUT2D eigenvalue weighted by molar-refractivity contribution is 8.33. The SMILES string of the molecule is CC1CCCCC1C(=O)CS1(C)CCCC1. The Balaban J connectivity index is 1.91. The Bertz CT molecular complexity index is 255. The number of hydrogen-bond donors (Lipinski definition) is 0. The highest BCUT2D eigenvalue weighted by atomic mass is 32.3. The monoisotopic (exact) mass is 242 g/mol. The quantitative estimate of drug-likeness (QED) is 0.739. The molecule has 1 aliphatic carbocycles. The second-order valence-corrected chi connectivity index (χ2v) is 10.1. The Kier molecular flexibility index (Phi) is 3.99. The minimum Gasteiger partial charge on any atom is -0.299 e. The Morgan fingerprint density at radius 2 is 1.75 bits per heavy atom. The molecule has 0 spiro atoms. The normalized spacial score (nSPS) is 35.9. The summed E-state index contributed by atoms with van der Waals surface area (Å²) >= 11 is 0. The second kappa shape index (κ2) is 5.12. The summed E-state index contributed by atoms with van der Waals surface area (Å²) in [7, 11) is -0.525. The van der Waals surface area contributed by atoms with E-state index in [1.54, 1.807) is 0 Å². The maximum absolute atomic E-state index is 12.4. The van der Waals surface area contributed by atoms with Crippen molar-refractivity contribution in [1.82, 2.24) is 0 Å². The van der Waals surface area contributed by atoms with E-state index in [0.717, 1.165) is 5.75 Å². The van der Waals surface area contributed by atoms with Gasteiger partial charge < -0.3 is 0 Å². The third kappa shape index (κ3) is 2.82. The molecule has 0 N–H and O–H groups in total. The molecule has 1 aliphatic heterocycles. The number of carbonyl (C=O) groups is 1. The van der Waals surface area contributed by atoms with Gasteiger partial charge in [0.25, 0.3) is 0 Å². The van der Waals surface area contributed by atoms with Crippen molar-refractivity contribution in [2.24, 2.45) is 11.8 Å². The lowest BCUT2D eigenvalue weighted by molar-refractivity contribution is -0.122. The Labute approximate surface area is 102 Å². The predicted molar refractivity (Wildman–Crippen MR) is 73.5 cm³/mol. The molecule has 1 heterocycles. The fourth-order valence-electron chi connectivity index (χ4n) is 3.39. The first-order valence-electron chi connectivity index (χ1n) is 6.85. The van der Waals surface area contributed by atoms with Gasteiger partial charge in [-0.05, 0) is 42.9 Å². The van der Waals surface area contributed by atoms with E-state index >= 15 is 0 Å². The number of rotatable bonds is 3. The standard InChI is InChI=1S/C14H26OS/c1-12-7-3-4-8-13(12)14(15)11-16(2)9-5-6-10-16/h12-13H,3-11H2,1-2H3. The summed E-state index contributed by atoms with van der Waals surface area (Å²) in [6.07, 6.45) is 10.2. The zero-order valence-corrected chi connectivity index (χ0v) is 11.7. The highest BCUT2D eigenvalue weighted by Crippen LogP contribution is 2.51. The molecule has 2 aliphatic rings. The lowest BCUT2D eigenvalue weighted by Gasteiger charge is -2.34. The van der Waals surface area contributed by atoms with E-state index in [-0.39, 0.29) is 0 Å². The zero-order chi connectivity index (χ0) is 11.6. The van der Waals surface area contributed by atoms with Gasteiger partial charge >= 0.3 is 0 Å². The molecular formula is C14H26OS. The van der Waals surface area contributed by atoms with Crippen molar-refractivity contribution in [2.75, 3.05) is 23.5 Å². The average Bonchev–Trinajstić information content (AvgIpc) is 2.65. The van der Waals surface area contributed by atoms with Crippen LogP contribution < -0.4 is 0 Å². The maximum Gasteiger partial charge on any atom is 0.144 e. The fraction of sp³-hybridized carbons (Fsp3) is 0.929.